The van der Waals surface area contributed by atoms with Crippen molar-refractivity contribution in [3.63, 3.8) is 0 Å². The second-order valence-electron chi connectivity index (χ2n) is 12.9. The summed E-state index contributed by atoms with van der Waals surface area (Å²) in [6.07, 6.45) is -19.6. The molecule has 2 aliphatic heterocycles. The number of carbonyl (C=O) groups is 3. The summed E-state index contributed by atoms with van der Waals surface area (Å²) >= 11 is 0. The molecule has 9 N–H and O–H groups in total. The standard InChI is InChI=1S/C36H39F2NO15/c37-18-5-1-16(2-6-18)24(53-36-31(47)28(44)29(45)32(54-36)34(49)50)14-13-22-26(39(33(22)48)20-9-7-19(38)8-10-20)17-3-11-21(12-4-17)52-35(51)30(46)27(43)23(40)15-25(41)42/h1-12,22-24,26-32,35-36,40,43-47,51H,13-15H2,(H,41,42)(H,49,50). The molecule has 292 valence electrons. The van der Waals surface area contributed by atoms with Gasteiger partial charge in [-0.3, -0.25) is 9.59 Å². The lowest BCUT2D eigenvalue weighted by molar-refractivity contribution is -0.306. The van der Waals surface area contributed by atoms with Gasteiger partial charge in [0.15, 0.2) is 12.4 Å². The molecule has 5 rings (SSSR count). The zero-order valence-electron chi connectivity index (χ0n) is 28.2. The Labute approximate surface area is 305 Å². The van der Waals surface area contributed by atoms with E-state index in [9.17, 15) is 64.0 Å². The summed E-state index contributed by atoms with van der Waals surface area (Å²) in [4.78, 5) is 37.6. The Morgan fingerprint density at radius 2 is 1.39 bits per heavy atom. The maximum absolute atomic E-state index is 13.9. The fourth-order valence-corrected chi connectivity index (χ4v) is 6.40. The highest BCUT2D eigenvalue weighted by atomic mass is 19.1. The number of aliphatic carboxylic acids is 2. The lowest BCUT2D eigenvalue weighted by Crippen LogP contribution is -2.60. The van der Waals surface area contributed by atoms with Crippen LogP contribution in [-0.4, -0.2) is 119 Å². The van der Waals surface area contributed by atoms with Gasteiger partial charge in [-0.1, -0.05) is 24.3 Å². The van der Waals surface area contributed by atoms with Gasteiger partial charge < -0.3 is 65.1 Å². The summed E-state index contributed by atoms with van der Waals surface area (Å²) in [5.41, 5.74) is 1.23. The van der Waals surface area contributed by atoms with Crippen molar-refractivity contribution < 1.29 is 83.3 Å². The first-order valence-electron chi connectivity index (χ1n) is 16.7. The molecule has 0 radical (unpaired) electrons. The van der Waals surface area contributed by atoms with Crippen molar-refractivity contribution in [3.8, 4) is 5.75 Å². The summed E-state index contributed by atoms with van der Waals surface area (Å²) in [7, 11) is 0. The third-order valence-corrected chi connectivity index (χ3v) is 9.31. The number of aliphatic hydroxyl groups is 7. The van der Waals surface area contributed by atoms with Gasteiger partial charge in [-0.15, -0.1) is 0 Å². The minimum absolute atomic E-state index is 0.0000945. The second kappa shape index (κ2) is 17.2. The van der Waals surface area contributed by atoms with Crippen LogP contribution < -0.4 is 9.64 Å². The third-order valence-electron chi connectivity index (χ3n) is 9.31. The van der Waals surface area contributed by atoms with Gasteiger partial charge in [0.05, 0.1) is 30.6 Å². The van der Waals surface area contributed by atoms with E-state index in [-0.39, 0.29) is 24.5 Å². The van der Waals surface area contributed by atoms with Gasteiger partial charge in [-0.25, -0.2) is 13.6 Å². The van der Waals surface area contributed by atoms with Gasteiger partial charge in [0.25, 0.3) is 0 Å². The van der Waals surface area contributed by atoms with Crippen LogP contribution in [0, 0.1) is 17.6 Å². The van der Waals surface area contributed by atoms with Crippen molar-refractivity contribution in [3.05, 3.63) is 95.6 Å². The fourth-order valence-electron chi connectivity index (χ4n) is 6.40. The van der Waals surface area contributed by atoms with Crippen molar-refractivity contribution in [1.29, 1.82) is 0 Å². The van der Waals surface area contributed by atoms with Crippen LogP contribution in [0.25, 0.3) is 0 Å². The highest BCUT2D eigenvalue weighted by Crippen LogP contribution is 2.47. The van der Waals surface area contributed by atoms with E-state index in [0.29, 0.717) is 16.8 Å². The topological polar surface area (TPSA) is 264 Å². The van der Waals surface area contributed by atoms with Gasteiger partial charge in [0, 0.05) is 5.69 Å². The van der Waals surface area contributed by atoms with Crippen molar-refractivity contribution in [2.75, 3.05) is 4.90 Å². The number of carboxylic acid groups (broad SMARTS) is 2. The number of aliphatic hydroxyl groups excluding tert-OH is 7. The number of anilines is 1. The van der Waals surface area contributed by atoms with Crippen molar-refractivity contribution >= 4 is 23.5 Å². The van der Waals surface area contributed by atoms with E-state index in [1.807, 2.05) is 0 Å². The second-order valence-corrected chi connectivity index (χ2v) is 12.9. The molecular weight excluding hydrogens is 724 g/mol. The van der Waals surface area contributed by atoms with Gasteiger partial charge in [-0.2, -0.15) is 0 Å². The molecule has 54 heavy (non-hydrogen) atoms. The van der Waals surface area contributed by atoms with Crippen LogP contribution in [0.15, 0.2) is 72.8 Å². The Balaban J connectivity index is 1.37. The number of nitrogens with zero attached hydrogens (tertiary/aromatic N) is 1. The van der Waals surface area contributed by atoms with Crippen LogP contribution in [0.4, 0.5) is 14.5 Å². The number of halogens is 2. The summed E-state index contributed by atoms with van der Waals surface area (Å²) in [5.74, 6) is -5.38. The van der Waals surface area contributed by atoms with Gasteiger partial charge in [-0.05, 0) is 72.5 Å². The number of amides is 1. The predicted molar refractivity (Wildman–Crippen MR) is 177 cm³/mol. The normalized spacial score (nSPS) is 26.9. The molecule has 18 heteroatoms. The minimum Gasteiger partial charge on any atom is -0.481 e. The first-order valence-corrected chi connectivity index (χ1v) is 16.7. The van der Waals surface area contributed by atoms with Gasteiger partial charge in [0.1, 0.15) is 47.9 Å². The first-order chi connectivity index (χ1) is 25.6. The number of rotatable bonds is 16. The number of benzene rings is 3. The van der Waals surface area contributed by atoms with E-state index in [4.69, 9.17) is 19.3 Å². The number of ether oxygens (including phenoxy) is 3. The Morgan fingerprint density at radius 3 is 1.96 bits per heavy atom. The molecule has 0 bridgehead atoms. The number of hydrogen-bond donors (Lipinski definition) is 9. The van der Waals surface area contributed by atoms with Crippen LogP contribution in [0.1, 0.15) is 42.5 Å². The van der Waals surface area contributed by atoms with Crippen molar-refractivity contribution in [2.24, 2.45) is 5.92 Å². The predicted octanol–water partition coefficient (Wildman–Crippen LogP) is 0.354. The fraction of sp³-hybridized carbons (Fsp3) is 0.417. The van der Waals surface area contributed by atoms with Crippen LogP contribution in [0.3, 0.4) is 0 Å². The zero-order chi connectivity index (χ0) is 39.4. The molecular formula is C36H39F2NO15. The Kier molecular flexibility index (Phi) is 12.9. The van der Waals surface area contributed by atoms with Crippen LogP contribution in [0.5, 0.6) is 5.75 Å². The molecule has 2 saturated heterocycles. The molecule has 3 aromatic rings. The molecule has 0 aromatic heterocycles. The molecule has 12 atom stereocenters. The van der Waals surface area contributed by atoms with Crippen molar-refractivity contribution in [1.82, 2.24) is 0 Å². The van der Waals surface area contributed by atoms with E-state index in [1.54, 1.807) is 0 Å². The van der Waals surface area contributed by atoms with E-state index >= 15 is 0 Å². The lowest BCUT2D eigenvalue weighted by atomic mass is 9.78. The first kappa shape index (κ1) is 40.6. The Bertz CT molecular complexity index is 1750. The molecule has 3 aromatic carbocycles. The number of carboxylic acids is 2. The molecule has 0 saturated carbocycles. The van der Waals surface area contributed by atoms with Crippen molar-refractivity contribution in [2.45, 2.75) is 86.7 Å². The smallest absolute Gasteiger partial charge is 0.335 e. The summed E-state index contributed by atoms with van der Waals surface area (Å²) in [5, 5.41) is 89.6. The van der Waals surface area contributed by atoms with E-state index in [0.717, 1.165) is 12.1 Å². The number of carbonyl (C=O) groups excluding carboxylic acids is 1. The summed E-state index contributed by atoms with van der Waals surface area (Å²) in [6.45, 7) is 0. The Morgan fingerprint density at radius 1 is 0.796 bits per heavy atom. The molecule has 2 heterocycles. The molecule has 2 fully saturated rings. The Hall–Kier alpha value is -4.63. The minimum atomic E-state index is -2.10. The molecule has 12 unspecified atom stereocenters. The molecule has 16 nitrogen and oxygen atoms in total. The summed E-state index contributed by atoms with van der Waals surface area (Å²) in [6, 6.07) is 15.3. The lowest BCUT2D eigenvalue weighted by Gasteiger charge is -2.48. The van der Waals surface area contributed by atoms with Crippen LogP contribution in [-0.2, 0) is 23.9 Å². The molecule has 1 amide bonds. The van der Waals surface area contributed by atoms with E-state index in [2.05, 4.69) is 0 Å². The van der Waals surface area contributed by atoms with E-state index in [1.165, 1.54) is 65.6 Å². The third kappa shape index (κ3) is 9.00. The SMILES string of the molecule is O=C(O)CC(O)C(O)C(O)C(O)Oc1ccc(C2C(CCC(OC3OC(C(=O)O)C(O)C(O)C3O)c3ccc(F)cc3)C(=O)N2c2ccc(F)cc2)cc1. The molecule has 0 spiro atoms. The maximum Gasteiger partial charge on any atom is 0.335 e. The average molecular weight is 764 g/mol. The van der Waals surface area contributed by atoms with Crippen LogP contribution in [0.2, 0.25) is 0 Å². The van der Waals surface area contributed by atoms with Gasteiger partial charge in [0.2, 0.25) is 12.2 Å². The highest BCUT2D eigenvalue weighted by molar-refractivity contribution is 6.03. The number of β-lactam (4-membered cyclic amide) rings is 1. The quantitative estimate of drug-likeness (QED) is 0.0704. The monoisotopic (exact) mass is 763 g/mol. The largest absolute Gasteiger partial charge is 0.481 e. The molecule has 2 aliphatic rings. The number of hydrogen-bond acceptors (Lipinski definition) is 13. The zero-order valence-corrected chi connectivity index (χ0v) is 28.2. The average Bonchev–Trinajstić information content (AvgIpc) is 3.13. The van der Waals surface area contributed by atoms with Crippen LogP contribution >= 0.6 is 0 Å². The highest BCUT2D eigenvalue weighted by Gasteiger charge is 2.50. The maximum atomic E-state index is 13.9. The van der Waals surface area contributed by atoms with Gasteiger partial charge >= 0.3 is 11.9 Å². The molecule has 0 aliphatic carbocycles. The summed E-state index contributed by atoms with van der Waals surface area (Å²) < 4.78 is 44.2. The van der Waals surface area contributed by atoms with E-state index < -0.39 is 103 Å².